The van der Waals surface area contributed by atoms with Crippen LogP contribution in [0, 0.1) is 20.8 Å². The molecule has 54 heavy (non-hydrogen) atoms. The normalized spacial score (nSPS) is 10.4. The van der Waals surface area contributed by atoms with Gasteiger partial charge in [-0.1, -0.05) is 112 Å². The number of nitrogens with zero attached hydrogens (tertiary/aromatic N) is 1. The zero-order chi connectivity index (χ0) is 38.2. The Hall–Kier alpha value is -4.66. The fraction of sp³-hybridized carbons (Fsp3) is 0.240. The van der Waals surface area contributed by atoms with Crippen LogP contribution < -0.4 is 4.74 Å². The molecule has 1 N–H and O–H groups in total. The number of phenols is 1. The third-order valence-corrected chi connectivity index (χ3v) is 8.94. The Kier molecular flexibility index (Phi) is 18.3. The number of hydrogen-bond donors (Lipinski definition) is 1. The summed E-state index contributed by atoms with van der Waals surface area (Å²) in [5.74, 6) is 1.94. The minimum Gasteiger partial charge on any atom is -0.684 e. The van der Waals surface area contributed by atoms with Crippen LogP contribution in [0.5, 0.6) is 11.5 Å². The first-order chi connectivity index (χ1) is 25.6. The third kappa shape index (κ3) is 13.0. The van der Waals surface area contributed by atoms with Crippen molar-refractivity contribution in [3.05, 3.63) is 192 Å². The maximum absolute atomic E-state index is 11.4. The molecule has 1 radical (unpaired) electrons. The number of para-hydroxylation sites is 1. The quantitative estimate of drug-likeness (QED) is 0.105. The van der Waals surface area contributed by atoms with Gasteiger partial charge in [-0.2, -0.15) is 49.2 Å². The van der Waals surface area contributed by atoms with Gasteiger partial charge in [0, 0.05) is 16.7 Å². The van der Waals surface area contributed by atoms with Gasteiger partial charge in [0.2, 0.25) is 0 Å². The molecule has 0 aliphatic rings. The van der Waals surface area contributed by atoms with Gasteiger partial charge in [-0.15, -0.1) is 36.5 Å². The molecule has 6 aromatic carbocycles. The summed E-state index contributed by atoms with van der Waals surface area (Å²) >= 11 is 0. The average molecular weight is 794 g/mol. The Labute approximate surface area is 345 Å². The zero-order valence-electron chi connectivity index (χ0n) is 33.0. The second kappa shape index (κ2) is 22.5. The van der Waals surface area contributed by atoms with Crippen LogP contribution in [0.15, 0.2) is 140 Å². The van der Waals surface area contributed by atoms with Crippen LogP contribution in [0.3, 0.4) is 0 Å². The number of hydrogen-bond acceptors (Lipinski definition) is 2. The van der Waals surface area contributed by atoms with Gasteiger partial charge in [-0.05, 0) is 72.6 Å². The summed E-state index contributed by atoms with van der Waals surface area (Å²) < 4.78 is 6.35. The summed E-state index contributed by atoms with van der Waals surface area (Å²) in [4.78, 5) is 0. The zero-order valence-corrected chi connectivity index (χ0v) is 35.4. The van der Waals surface area contributed by atoms with Crippen molar-refractivity contribution in [3.8, 4) is 33.8 Å². The number of phenolic OH excluding ortho intramolecular Hbond substituents is 1. The first kappa shape index (κ1) is 43.7. The Balaban J connectivity index is 0.000000434. The summed E-state index contributed by atoms with van der Waals surface area (Å²) in [5, 5.41) is 16.5. The number of ether oxygens (including phenoxy) is 1. The smallest absolute Gasteiger partial charge is 0.684 e. The van der Waals surface area contributed by atoms with Gasteiger partial charge in [-0.3, -0.25) is 0 Å². The maximum atomic E-state index is 11.4. The van der Waals surface area contributed by atoms with Crippen molar-refractivity contribution in [1.29, 1.82) is 0 Å². The van der Waals surface area contributed by atoms with E-state index < -0.39 is 0 Å². The molecule has 6 rings (SSSR count). The molecular weight excluding hydrogens is 738 g/mol. The summed E-state index contributed by atoms with van der Waals surface area (Å²) in [6.45, 7) is 21.8. The van der Waals surface area contributed by atoms with Gasteiger partial charge in [-0.25, -0.2) is 0 Å². The average Bonchev–Trinajstić information content (AvgIpc) is 3.17. The summed E-state index contributed by atoms with van der Waals surface area (Å²) in [6.07, 6.45) is 1.73. The third-order valence-electron chi connectivity index (χ3n) is 8.94. The van der Waals surface area contributed by atoms with Crippen molar-refractivity contribution in [1.82, 2.24) is 0 Å². The predicted molar refractivity (Wildman–Crippen MR) is 228 cm³/mol. The van der Waals surface area contributed by atoms with Crippen LogP contribution in [-0.2, 0) is 32.6 Å². The van der Waals surface area contributed by atoms with E-state index in [1.165, 1.54) is 16.7 Å². The second-order valence-corrected chi connectivity index (χ2v) is 13.9. The number of rotatable bonds is 11. The van der Waals surface area contributed by atoms with E-state index in [4.69, 9.17) is 10.1 Å². The minimum atomic E-state index is 0. The van der Waals surface area contributed by atoms with Crippen LogP contribution in [0.1, 0.15) is 86.3 Å². The van der Waals surface area contributed by atoms with Crippen LogP contribution in [0.2, 0.25) is 0 Å². The van der Waals surface area contributed by atoms with Crippen LogP contribution in [-0.4, -0.2) is 18.3 Å². The molecule has 0 fully saturated rings. The van der Waals surface area contributed by atoms with Crippen molar-refractivity contribution in [2.24, 2.45) is 0 Å². The van der Waals surface area contributed by atoms with Gasteiger partial charge in [0.25, 0.3) is 0 Å². The Bertz CT molecular complexity index is 1910. The molecule has 0 saturated heterocycles. The van der Waals surface area contributed by atoms with Crippen molar-refractivity contribution in [3.63, 3.8) is 0 Å². The van der Waals surface area contributed by atoms with E-state index in [-0.39, 0.29) is 32.0 Å². The second-order valence-electron chi connectivity index (χ2n) is 13.9. The molecule has 0 amide bonds. The van der Waals surface area contributed by atoms with E-state index in [0.717, 1.165) is 63.2 Å². The Morgan fingerprint density at radius 1 is 0.630 bits per heavy atom. The van der Waals surface area contributed by atoms with Gasteiger partial charge in [0.1, 0.15) is 11.5 Å². The van der Waals surface area contributed by atoms with E-state index in [2.05, 4.69) is 91.8 Å². The van der Waals surface area contributed by atoms with Gasteiger partial charge < -0.3 is 15.2 Å². The molecule has 277 valence electrons. The van der Waals surface area contributed by atoms with Gasteiger partial charge >= 0.3 is 26.2 Å². The molecule has 0 aliphatic heterocycles. The van der Waals surface area contributed by atoms with Gasteiger partial charge in [0.15, 0.2) is 0 Å². The van der Waals surface area contributed by atoms with Crippen molar-refractivity contribution in [2.75, 3.05) is 13.2 Å². The van der Waals surface area contributed by atoms with Crippen molar-refractivity contribution >= 4 is 5.69 Å². The summed E-state index contributed by atoms with van der Waals surface area (Å²) in [6, 6.07) is 46.7. The molecule has 0 bridgehead atoms. The summed E-state index contributed by atoms with van der Waals surface area (Å²) in [7, 11) is 0. The van der Waals surface area contributed by atoms with Crippen LogP contribution in [0.4, 0.5) is 5.69 Å². The molecule has 0 unspecified atom stereocenters. The van der Waals surface area contributed by atoms with E-state index in [9.17, 15) is 5.11 Å². The molecule has 3 nitrogen and oxygen atoms in total. The van der Waals surface area contributed by atoms with Gasteiger partial charge in [0.05, 0.1) is 6.61 Å². The number of aryl methyl sites for hydroxylation is 2. The molecule has 0 spiro atoms. The molecule has 0 saturated carbocycles. The Morgan fingerprint density at radius 2 is 1.15 bits per heavy atom. The molecule has 4 heteroatoms. The molecule has 0 aromatic heterocycles. The fourth-order valence-electron chi connectivity index (χ4n) is 6.04. The van der Waals surface area contributed by atoms with Crippen molar-refractivity contribution < 1.29 is 36.0 Å². The molecule has 0 atom stereocenters. The maximum Gasteiger partial charge on any atom is 3.00 e. The number of benzene rings is 6. The molecule has 0 heterocycles. The SMILES string of the molecule is CCc1ccc(OCCC[N-]c2c(C(C)C)cccc2C(C)C)c(-c2cc(C)cc(-c3ccccc3)c2O)c1.[CH2-]c1ccccc1.[CH2-]c1ccccc1.[Zr+3]. The predicted octanol–water partition coefficient (Wildman–Crippen LogP) is 14.1. The molecule has 6 aromatic rings. The van der Waals surface area contributed by atoms with Crippen LogP contribution in [0.25, 0.3) is 27.6 Å². The minimum absolute atomic E-state index is 0. The van der Waals surface area contributed by atoms with E-state index in [1.54, 1.807) is 0 Å². The van der Waals surface area contributed by atoms with Crippen molar-refractivity contribution in [2.45, 2.75) is 66.2 Å². The first-order valence-corrected chi connectivity index (χ1v) is 18.8. The van der Waals surface area contributed by atoms with E-state index >= 15 is 0 Å². The molecule has 0 aliphatic carbocycles. The monoisotopic (exact) mass is 792 g/mol. The standard InChI is InChI=1S/C36H42NO2.2C7H7.Zr/c1-7-27-17-18-34(39-20-12-19-37-35-29(24(2)3)15-11-16-30(35)25(4)5)32(23-27)33-22-26(6)21-31(36(33)38)28-13-9-8-10-14-28;2*1-7-5-3-2-4-6-7;/h8-11,13-18,21-25,38H,7,12,19-20H2,1-6H3;2*2-6H,1H2;/q3*-1;+3. The summed E-state index contributed by atoms with van der Waals surface area (Å²) in [5.41, 5.74) is 11.8. The Morgan fingerprint density at radius 3 is 1.63 bits per heavy atom. The van der Waals surface area contributed by atoms with E-state index in [0.29, 0.717) is 25.0 Å². The largest absolute Gasteiger partial charge is 3.00 e. The topological polar surface area (TPSA) is 43.6 Å². The number of aromatic hydroxyl groups is 1. The van der Waals surface area contributed by atoms with Crippen LogP contribution >= 0.6 is 0 Å². The first-order valence-electron chi connectivity index (χ1n) is 18.8. The fourth-order valence-corrected chi connectivity index (χ4v) is 6.04. The van der Waals surface area contributed by atoms with E-state index in [1.807, 2.05) is 103 Å². The molecular formula is C50H56NO2Zr.